The first-order chi connectivity index (χ1) is 33.9. The molecular weight excluding hydrogens is 825 g/mol. The second-order valence-corrected chi connectivity index (χ2v) is 25.2. The van der Waals surface area contributed by atoms with E-state index < -0.39 is 11.0 Å². The number of rotatable bonds is 3. The van der Waals surface area contributed by atoms with Gasteiger partial charge < -0.3 is 9.47 Å². The van der Waals surface area contributed by atoms with Crippen molar-refractivity contribution in [2.45, 2.75) is 37.6 Å². The predicted octanol–water partition coefficient (Wildman–Crippen LogP) is 17.7. The van der Waals surface area contributed by atoms with Crippen LogP contribution in [0.2, 0.25) is 0 Å². The van der Waals surface area contributed by atoms with Crippen molar-refractivity contribution >= 4 is 291 Å². The molecule has 288 valence electrons. The Hall–Kier alpha value is -7.62. The molecule has 5 aliphatic rings. The lowest BCUT2D eigenvalue weighted by Crippen LogP contribution is -2.52. The van der Waals surface area contributed by atoms with Crippen molar-refractivity contribution in [1.82, 2.24) is 0 Å². The van der Waals surface area contributed by atoms with Gasteiger partial charge in [0.2, 0.25) is 0 Å². The van der Waals surface area contributed by atoms with Crippen LogP contribution in [-0.2, 0) is 20.5 Å². The molecule has 0 saturated carbocycles. The van der Waals surface area contributed by atoms with Gasteiger partial charge in [0.15, 0.2) is 6.29 Å². The van der Waals surface area contributed by atoms with Gasteiger partial charge in [0.25, 0.3) is 0 Å². The van der Waals surface area contributed by atoms with Crippen molar-refractivity contribution in [3.05, 3.63) is 22.3 Å². The van der Waals surface area contributed by atoms with E-state index in [-0.39, 0.29) is 12.2 Å². The molecule has 28 aromatic carbocycles. The Kier molecular flexibility index (Phi) is 2.14. The molecule has 33 rings (SSSR count). The van der Waals surface area contributed by atoms with E-state index in [2.05, 4.69) is 13.8 Å². The van der Waals surface area contributed by atoms with Crippen molar-refractivity contribution in [3.8, 4) is 0 Å². The Bertz CT molecular complexity index is 6880. The van der Waals surface area contributed by atoms with E-state index in [0.717, 1.165) is 6.42 Å². The predicted molar refractivity (Wildman–Crippen MR) is 284 cm³/mol. The molecule has 1 saturated heterocycles. The van der Waals surface area contributed by atoms with Gasteiger partial charge in [-0.2, -0.15) is 0 Å². The van der Waals surface area contributed by atoms with Crippen LogP contribution in [0.25, 0.3) is 291 Å². The molecule has 0 unspecified atom stereocenters. The highest BCUT2D eigenvalue weighted by Gasteiger charge is 2.77. The molecule has 0 N–H and O–H groups in total. The average Bonchev–Trinajstić information content (AvgIpc) is 4.22. The molecule has 28 aromatic rings. The number of ether oxygens (including phenoxy) is 2. The van der Waals surface area contributed by atoms with Gasteiger partial charge in [-0.05, 0) is 315 Å². The second-order valence-electron chi connectivity index (χ2n) is 25.2. The van der Waals surface area contributed by atoms with Crippen LogP contribution in [0.1, 0.15) is 42.5 Å². The van der Waals surface area contributed by atoms with Crippen LogP contribution in [0, 0.1) is 5.92 Å². The maximum Gasteiger partial charge on any atom is 0.163 e. The van der Waals surface area contributed by atoms with Crippen molar-refractivity contribution in [2.75, 3.05) is 6.61 Å². The van der Waals surface area contributed by atoms with Crippen LogP contribution in [-0.4, -0.2) is 12.9 Å². The summed E-state index contributed by atoms with van der Waals surface area (Å²) in [5, 5.41) is 88.3. The first kappa shape index (κ1) is 25.5. The van der Waals surface area contributed by atoms with Crippen LogP contribution in [0.3, 0.4) is 0 Å². The molecule has 4 aliphatic carbocycles. The first-order valence-corrected chi connectivity index (χ1v) is 25.9. The normalized spacial score (nSPS) is 25.1. The maximum absolute atomic E-state index is 8.57. The molecule has 0 amide bonds. The van der Waals surface area contributed by atoms with Crippen molar-refractivity contribution < 1.29 is 9.47 Å². The van der Waals surface area contributed by atoms with E-state index >= 15 is 0 Å². The lowest BCUT2D eigenvalue weighted by molar-refractivity contribution is -0.169. The summed E-state index contributed by atoms with van der Waals surface area (Å²) in [5.41, 5.74) is 5.43. The van der Waals surface area contributed by atoms with E-state index in [9.17, 15) is 0 Å². The van der Waals surface area contributed by atoms with Crippen LogP contribution >= 0.6 is 0 Å². The molecule has 2 atom stereocenters. The lowest BCUT2D eigenvalue weighted by Gasteiger charge is -2.50. The Morgan fingerprint density at radius 2 is 0.441 bits per heavy atom. The summed E-state index contributed by atoms with van der Waals surface area (Å²) in [4.78, 5) is 0. The molecule has 2 spiro atoms. The van der Waals surface area contributed by atoms with Gasteiger partial charge in [0, 0.05) is 23.7 Å². The smallest absolute Gasteiger partial charge is 0.163 e. The molecule has 1 heterocycles. The standard InChI is InChI=1S/C66H12O2/c1-3-5-64(67-4-2)68-66-62-56-50-40-28-20-12-8-6-7-10-14(12)22(28)32-26-18(10)19-11(7)15-13-9(6)17-16(8)24-30(20)38-44-34(24)35-25(17)31-21(13)29-23(15)33-27(19)37-36(26)48(42(32)50)58(62)59-49(37)43(33)51-41(29)47-39(31)45(35)53-52(44)60(54(56)46(38)40)65(5,66)61(53)55(47)57(51)63(59)66/h5,64H,3-4H2,1-2H3/t5-,64+,65?,66?/m0/s1. The first-order valence-electron chi connectivity index (χ1n) is 25.9. The Labute approximate surface area is 370 Å². The summed E-state index contributed by atoms with van der Waals surface area (Å²) in [5.74, 6) is 0.165. The molecular formula is C66H12O2. The zero-order chi connectivity index (χ0) is 40.5. The van der Waals surface area contributed by atoms with Crippen LogP contribution in [0.5, 0.6) is 0 Å². The molecule has 0 aromatic heterocycles. The fourth-order valence-corrected chi connectivity index (χ4v) is 25.4. The fourth-order valence-electron chi connectivity index (χ4n) is 25.4. The fraction of sp³-hybridized carbons (Fsp3) is 0.121. The highest BCUT2D eigenvalue weighted by atomic mass is 16.7. The largest absolute Gasteiger partial charge is 0.353 e. The quantitative estimate of drug-likeness (QED) is 0.165. The van der Waals surface area contributed by atoms with E-state index in [4.69, 9.17) is 9.47 Å². The van der Waals surface area contributed by atoms with E-state index in [0.29, 0.717) is 6.61 Å². The zero-order valence-electron chi connectivity index (χ0n) is 35.4. The van der Waals surface area contributed by atoms with Crippen molar-refractivity contribution in [1.29, 1.82) is 0 Å². The highest BCUT2D eigenvalue weighted by Crippen LogP contribution is 2.87. The summed E-state index contributed by atoms with van der Waals surface area (Å²) in [6.07, 6.45) is 0.716. The van der Waals surface area contributed by atoms with Crippen molar-refractivity contribution in [2.24, 2.45) is 5.92 Å². The topological polar surface area (TPSA) is 18.5 Å². The zero-order valence-corrected chi connectivity index (χ0v) is 35.4. The summed E-state index contributed by atoms with van der Waals surface area (Å²) < 4.78 is 15.8. The third-order valence-corrected chi connectivity index (χ3v) is 25.2. The van der Waals surface area contributed by atoms with Crippen LogP contribution in [0.4, 0.5) is 0 Å². The third kappa shape index (κ3) is 1.29. The summed E-state index contributed by atoms with van der Waals surface area (Å²) in [6.45, 7) is 5.39. The number of benzene rings is 18. The van der Waals surface area contributed by atoms with Gasteiger partial charge in [-0.25, -0.2) is 0 Å². The average molecular weight is 837 g/mol. The molecule has 2 heteroatoms. The van der Waals surface area contributed by atoms with Gasteiger partial charge in [-0.15, -0.1) is 0 Å². The van der Waals surface area contributed by atoms with Gasteiger partial charge in [-0.1, -0.05) is 6.92 Å². The minimum Gasteiger partial charge on any atom is -0.353 e. The minimum absolute atomic E-state index is 0.165. The summed E-state index contributed by atoms with van der Waals surface area (Å²) in [6, 6.07) is 0. The molecule has 1 fully saturated rings. The van der Waals surface area contributed by atoms with E-state index in [1.54, 1.807) is 313 Å². The second kappa shape index (κ2) is 5.70. The Morgan fingerprint density at radius 1 is 0.265 bits per heavy atom. The van der Waals surface area contributed by atoms with Gasteiger partial charge in [0.05, 0.1) is 5.41 Å². The third-order valence-electron chi connectivity index (χ3n) is 25.2. The highest BCUT2D eigenvalue weighted by molar-refractivity contribution is 6.82. The van der Waals surface area contributed by atoms with Gasteiger partial charge in [-0.3, -0.25) is 0 Å². The van der Waals surface area contributed by atoms with Crippen LogP contribution < -0.4 is 0 Å². The summed E-state index contributed by atoms with van der Waals surface area (Å²) >= 11 is 0. The van der Waals surface area contributed by atoms with Gasteiger partial charge in [0.1, 0.15) is 5.60 Å². The maximum atomic E-state index is 8.57. The number of hydrogen-bond donors (Lipinski definition) is 0. The molecule has 0 radical (unpaired) electrons. The van der Waals surface area contributed by atoms with E-state index in [1.807, 2.05) is 0 Å². The Balaban J connectivity index is 1.22. The lowest BCUT2D eigenvalue weighted by atomic mass is 9.51. The van der Waals surface area contributed by atoms with Crippen molar-refractivity contribution in [3.63, 3.8) is 0 Å². The molecule has 2 nitrogen and oxygen atoms in total. The van der Waals surface area contributed by atoms with Crippen LogP contribution in [0.15, 0.2) is 0 Å². The Morgan fingerprint density at radius 3 is 0.618 bits per heavy atom. The number of hydrogen-bond acceptors (Lipinski definition) is 2. The SMILES string of the molecule is CCO[C@@H]1OC23c4c5c6c7c8c9c(c%10c%11c2c2c4c4c%12c5c5c6c6c8c8c%13c9c9c%10c%10c%11c%11c2c2c4c4c%12c%12c5c5c6c8c6c8c%13c9c9c%10c%10c%11c2c2c4c4c%12c5c6c5c8c9c%10c2c45)C73[C@H]1CC. The monoisotopic (exact) mass is 836 g/mol. The summed E-state index contributed by atoms with van der Waals surface area (Å²) in [7, 11) is 0. The van der Waals surface area contributed by atoms with E-state index in [1.165, 1.54) is 0 Å². The molecule has 68 heavy (non-hydrogen) atoms. The molecule has 0 bridgehead atoms. The van der Waals surface area contributed by atoms with Gasteiger partial charge >= 0.3 is 0 Å². The minimum atomic E-state index is -0.682. The molecule has 1 aliphatic heterocycles.